The first kappa shape index (κ1) is 19.3. The number of para-hydroxylation sites is 1. The molecule has 0 spiro atoms. The van der Waals surface area contributed by atoms with E-state index in [-0.39, 0.29) is 5.75 Å². The van der Waals surface area contributed by atoms with Gasteiger partial charge in [0.1, 0.15) is 17.3 Å². The number of hydrogen-bond acceptors (Lipinski definition) is 5. The molecule has 6 heteroatoms. The van der Waals surface area contributed by atoms with Crippen LogP contribution in [0.15, 0.2) is 51.7 Å². The first-order chi connectivity index (χ1) is 14.6. The zero-order chi connectivity index (χ0) is 20.7. The van der Waals surface area contributed by atoms with Gasteiger partial charge in [0.05, 0.1) is 33.9 Å². The number of benzene rings is 2. The molecule has 30 heavy (non-hydrogen) atoms. The first-order valence-corrected chi connectivity index (χ1v) is 11.4. The van der Waals surface area contributed by atoms with Gasteiger partial charge >= 0.3 is 5.63 Å². The van der Waals surface area contributed by atoms with Crippen molar-refractivity contribution in [2.75, 3.05) is 6.54 Å². The number of aromatic hydroxyl groups is 1. The van der Waals surface area contributed by atoms with E-state index in [1.54, 1.807) is 6.07 Å². The highest BCUT2D eigenvalue weighted by molar-refractivity contribution is 7.21. The van der Waals surface area contributed by atoms with E-state index in [2.05, 4.69) is 11.9 Å². The number of piperidine rings is 1. The van der Waals surface area contributed by atoms with Crippen molar-refractivity contribution < 1.29 is 14.4 Å². The Morgan fingerprint density at radius 3 is 2.93 bits per heavy atom. The molecule has 0 aliphatic carbocycles. The number of phenolic OH excluding ortho intramolecular Hbond substituents is 1. The molecule has 4 aromatic rings. The minimum atomic E-state index is -0.408. The van der Waals surface area contributed by atoms with Crippen molar-refractivity contribution in [2.24, 2.45) is 0 Å². The zero-order valence-corrected chi connectivity index (χ0v) is 17.8. The quantitative estimate of drug-likeness (QED) is 0.487. The van der Waals surface area contributed by atoms with Gasteiger partial charge in [0.15, 0.2) is 5.58 Å². The average molecular weight is 422 g/mol. The van der Waals surface area contributed by atoms with Crippen molar-refractivity contribution in [3.63, 3.8) is 0 Å². The summed E-state index contributed by atoms with van der Waals surface area (Å²) in [4.78, 5) is 19.0. The molecular weight excluding hydrogens is 396 g/mol. The predicted molar refractivity (Wildman–Crippen MR) is 120 cm³/mol. The lowest BCUT2D eigenvalue weighted by molar-refractivity contribution is -0.944. The highest BCUT2D eigenvalue weighted by atomic mass is 32.1. The summed E-state index contributed by atoms with van der Waals surface area (Å²) in [6.45, 7) is 3.98. The van der Waals surface area contributed by atoms with Crippen molar-refractivity contribution >= 4 is 32.5 Å². The largest absolute Gasteiger partial charge is 0.507 e. The van der Waals surface area contributed by atoms with Crippen LogP contribution in [0.25, 0.3) is 31.8 Å². The standard InChI is InChI=1S/C24H24N2O3S/c1-2-16-7-5-6-12-26(16)14-18-20(27)11-10-15-13-17(24(28)29-22(15)18)23-25-19-8-3-4-9-21(19)30-23/h3-4,8-11,13,16,27H,2,5-7,12,14H2,1H3/p+1/t16-/m1/s1. The van der Waals surface area contributed by atoms with E-state index in [1.165, 1.54) is 35.5 Å². The Morgan fingerprint density at radius 1 is 1.23 bits per heavy atom. The van der Waals surface area contributed by atoms with Gasteiger partial charge in [-0.05, 0) is 56.0 Å². The molecule has 1 unspecified atom stereocenters. The molecule has 0 radical (unpaired) electrons. The SMILES string of the molecule is CC[C@@H]1CCCC[NH+]1Cc1c(O)ccc2cc(-c3nc4ccccc4s3)c(=O)oc12. The summed E-state index contributed by atoms with van der Waals surface area (Å²) in [5, 5.41) is 12.1. The molecule has 2 atom stereocenters. The summed E-state index contributed by atoms with van der Waals surface area (Å²) in [5.41, 5.74) is 2.17. The van der Waals surface area contributed by atoms with Crippen LogP contribution < -0.4 is 10.5 Å². The Bertz CT molecular complexity index is 1240. The Labute approximate surface area is 178 Å². The van der Waals surface area contributed by atoms with Gasteiger partial charge in [-0.3, -0.25) is 0 Å². The maximum Gasteiger partial charge on any atom is 0.346 e. The molecule has 0 saturated carbocycles. The molecular formula is C24H25N2O3S+. The van der Waals surface area contributed by atoms with Gasteiger partial charge in [0.2, 0.25) is 0 Å². The monoisotopic (exact) mass is 421 g/mol. The molecule has 154 valence electrons. The Kier molecular flexibility index (Phi) is 5.05. The first-order valence-electron chi connectivity index (χ1n) is 10.6. The summed E-state index contributed by atoms with van der Waals surface area (Å²) in [5.74, 6) is 0.200. The summed E-state index contributed by atoms with van der Waals surface area (Å²) in [6.07, 6.45) is 4.79. The van der Waals surface area contributed by atoms with Crippen LogP contribution in [0.5, 0.6) is 5.75 Å². The van der Waals surface area contributed by atoms with Gasteiger partial charge in [0.25, 0.3) is 0 Å². The smallest absolute Gasteiger partial charge is 0.346 e. The van der Waals surface area contributed by atoms with Crippen LogP contribution in [0.1, 0.15) is 38.2 Å². The Hall–Kier alpha value is -2.70. The fourth-order valence-corrected chi connectivity index (χ4v) is 5.61. The number of phenols is 1. The second-order valence-corrected chi connectivity index (χ2v) is 9.13. The number of likely N-dealkylation sites (tertiary alicyclic amines) is 1. The van der Waals surface area contributed by atoms with Crippen LogP contribution in [0.2, 0.25) is 0 Å². The molecule has 1 aliphatic heterocycles. The van der Waals surface area contributed by atoms with Gasteiger partial charge in [-0.2, -0.15) is 0 Å². The van der Waals surface area contributed by atoms with Gasteiger partial charge in [-0.1, -0.05) is 19.1 Å². The number of nitrogens with zero attached hydrogens (tertiary/aromatic N) is 1. The highest BCUT2D eigenvalue weighted by Crippen LogP contribution is 2.32. The molecule has 1 aliphatic rings. The van der Waals surface area contributed by atoms with E-state index in [1.807, 2.05) is 36.4 Å². The second kappa shape index (κ2) is 7.85. The number of fused-ring (bicyclic) bond motifs is 2. The number of hydrogen-bond donors (Lipinski definition) is 2. The molecule has 1 fully saturated rings. The average Bonchev–Trinajstić information content (AvgIpc) is 3.20. The molecule has 3 heterocycles. The van der Waals surface area contributed by atoms with Gasteiger partial charge in [-0.15, -0.1) is 11.3 Å². The zero-order valence-electron chi connectivity index (χ0n) is 17.0. The molecule has 5 rings (SSSR count). The Balaban J connectivity index is 1.59. The van der Waals surface area contributed by atoms with Crippen molar-refractivity contribution in [3.8, 4) is 16.3 Å². The van der Waals surface area contributed by atoms with Crippen molar-refractivity contribution in [2.45, 2.75) is 45.2 Å². The van der Waals surface area contributed by atoms with Crippen molar-refractivity contribution in [1.82, 2.24) is 4.98 Å². The second-order valence-electron chi connectivity index (χ2n) is 8.10. The number of nitrogens with one attached hydrogen (secondary N) is 1. The predicted octanol–water partition coefficient (Wildman–Crippen LogP) is 4.12. The third-order valence-corrected chi connectivity index (χ3v) is 7.35. The Morgan fingerprint density at radius 2 is 2.10 bits per heavy atom. The number of quaternary nitrogens is 1. The van der Waals surface area contributed by atoms with Crippen LogP contribution in [0.3, 0.4) is 0 Å². The summed E-state index contributed by atoms with van der Waals surface area (Å²) < 4.78 is 6.84. The normalized spacial score (nSPS) is 19.5. The molecule has 2 N–H and O–H groups in total. The fourth-order valence-electron chi connectivity index (χ4n) is 4.64. The minimum absolute atomic E-state index is 0.200. The fraction of sp³-hybridized carbons (Fsp3) is 0.333. The summed E-state index contributed by atoms with van der Waals surface area (Å²) in [7, 11) is 0. The van der Waals surface area contributed by atoms with E-state index in [9.17, 15) is 9.90 Å². The lowest BCUT2D eigenvalue weighted by Crippen LogP contribution is -3.15. The number of aromatic nitrogens is 1. The van der Waals surface area contributed by atoms with Crippen LogP contribution in [-0.4, -0.2) is 22.7 Å². The van der Waals surface area contributed by atoms with Gasteiger partial charge in [-0.25, -0.2) is 9.78 Å². The van der Waals surface area contributed by atoms with E-state index in [0.717, 1.165) is 34.1 Å². The van der Waals surface area contributed by atoms with Crippen LogP contribution in [0, 0.1) is 0 Å². The molecule has 2 aromatic carbocycles. The lowest BCUT2D eigenvalue weighted by atomic mass is 9.98. The number of thiazole rings is 1. The summed E-state index contributed by atoms with van der Waals surface area (Å²) in [6, 6.07) is 13.8. The van der Waals surface area contributed by atoms with Gasteiger partial charge in [0, 0.05) is 5.39 Å². The molecule has 5 nitrogen and oxygen atoms in total. The van der Waals surface area contributed by atoms with Crippen LogP contribution in [0.4, 0.5) is 0 Å². The third-order valence-electron chi connectivity index (χ3n) is 6.28. The maximum absolute atomic E-state index is 12.9. The van der Waals surface area contributed by atoms with E-state index >= 15 is 0 Å². The summed E-state index contributed by atoms with van der Waals surface area (Å²) >= 11 is 1.49. The molecule has 0 bridgehead atoms. The topological polar surface area (TPSA) is 67.8 Å². The van der Waals surface area contributed by atoms with E-state index < -0.39 is 5.63 Å². The third kappa shape index (κ3) is 3.40. The lowest BCUT2D eigenvalue weighted by Gasteiger charge is -2.32. The minimum Gasteiger partial charge on any atom is -0.507 e. The van der Waals surface area contributed by atoms with E-state index in [0.29, 0.717) is 28.7 Å². The van der Waals surface area contributed by atoms with Crippen LogP contribution >= 0.6 is 11.3 Å². The van der Waals surface area contributed by atoms with Crippen molar-refractivity contribution in [3.05, 3.63) is 58.4 Å². The van der Waals surface area contributed by atoms with E-state index in [4.69, 9.17) is 4.42 Å². The molecule has 2 aromatic heterocycles. The molecule has 0 amide bonds. The maximum atomic E-state index is 12.9. The number of rotatable bonds is 4. The molecule has 1 saturated heterocycles. The van der Waals surface area contributed by atoms with Crippen LogP contribution in [-0.2, 0) is 6.54 Å². The van der Waals surface area contributed by atoms with Crippen molar-refractivity contribution in [1.29, 1.82) is 0 Å². The van der Waals surface area contributed by atoms with Gasteiger partial charge < -0.3 is 14.4 Å². The highest BCUT2D eigenvalue weighted by Gasteiger charge is 2.27.